The van der Waals surface area contributed by atoms with Gasteiger partial charge in [-0.25, -0.2) is 9.79 Å². The van der Waals surface area contributed by atoms with Crippen LogP contribution in [-0.4, -0.2) is 27.5 Å². The summed E-state index contributed by atoms with van der Waals surface area (Å²) in [4.78, 5) is 52.3. The normalized spacial score (nSPS) is 15.5. The van der Waals surface area contributed by atoms with E-state index in [-0.39, 0.29) is 31.8 Å². The van der Waals surface area contributed by atoms with Gasteiger partial charge in [0.1, 0.15) is 0 Å². The quantitative estimate of drug-likeness (QED) is 0.309. The number of fused-ring (bicyclic) bond motifs is 1. The van der Waals surface area contributed by atoms with Gasteiger partial charge in [-0.2, -0.15) is 0 Å². The lowest BCUT2D eigenvalue weighted by Crippen LogP contribution is -2.39. The van der Waals surface area contributed by atoms with E-state index in [2.05, 4.69) is 4.99 Å². The van der Waals surface area contributed by atoms with E-state index in [0.717, 1.165) is 11.3 Å². The van der Waals surface area contributed by atoms with Gasteiger partial charge >= 0.3 is 5.97 Å². The number of nitro groups is 2. The van der Waals surface area contributed by atoms with Gasteiger partial charge in [0.2, 0.25) is 0 Å². The van der Waals surface area contributed by atoms with Gasteiger partial charge in [0.15, 0.2) is 4.80 Å². The number of thiazole rings is 1. The molecule has 3 aromatic rings. The molecule has 1 atom stereocenters. The molecule has 12 heteroatoms. The number of methoxy groups -OCH3 is 1. The zero-order valence-corrected chi connectivity index (χ0v) is 18.6. The third kappa shape index (κ3) is 3.90. The first kappa shape index (κ1) is 22.7. The molecule has 0 aliphatic carbocycles. The van der Waals surface area contributed by atoms with Gasteiger partial charge < -0.3 is 4.74 Å². The Morgan fingerprint density at radius 2 is 1.88 bits per heavy atom. The summed E-state index contributed by atoms with van der Waals surface area (Å²) in [6.45, 7) is 1.58. The average molecular weight is 480 g/mol. The number of aromatic nitrogens is 1. The molecule has 4 rings (SSSR count). The van der Waals surface area contributed by atoms with E-state index in [0.29, 0.717) is 11.3 Å². The number of para-hydroxylation sites is 1. The highest BCUT2D eigenvalue weighted by molar-refractivity contribution is 7.07. The zero-order chi connectivity index (χ0) is 24.6. The minimum atomic E-state index is -1.03. The Labute approximate surface area is 194 Å². The van der Waals surface area contributed by atoms with Gasteiger partial charge in [-0.1, -0.05) is 35.6 Å². The van der Waals surface area contributed by atoms with E-state index in [1.54, 1.807) is 19.1 Å². The van der Waals surface area contributed by atoms with E-state index in [9.17, 15) is 29.8 Å². The fraction of sp³-hybridized carbons (Fsp3) is 0.136. The Bertz CT molecular complexity index is 1570. The molecule has 2 aromatic carbocycles. The number of non-ortho nitro benzene ring substituents is 1. The van der Waals surface area contributed by atoms with Crippen molar-refractivity contribution in [2.75, 3.05) is 7.11 Å². The molecule has 0 N–H and O–H groups in total. The molecule has 0 spiro atoms. The Morgan fingerprint density at radius 3 is 2.56 bits per heavy atom. The SMILES string of the molecule is COC(=O)C1=C(C)N=c2sc(=Cc3ccccc3[N+](=O)[O-])c(=O)n2C1c1cccc([N+](=O)[O-])c1. The number of carbonyl (C=O) groups excluding carboxylic acids is 1. The maximum Gasteiger partial charge on any atom is 0.338 e. The Balaban J connectivity index is 2.01. The first-order valence-electron chi connectivity index (χ1n) is 9.81. The van der Waals surface area contributed by atoms with Gasteiger partial charge in [0, 0.05) is 18.2 Å². The molecule has 0 amide bonds. The fourth-order valence-electron chi connectivity index (χ4n) is 3.73. The number of esters is 1. The highest BCUT2D eigenvalue weighted by atomic mass is 32.1. The first-order valence-corrected chi connectivity index (χ1v) is 10.6. The minimum absolute atomic E-state index is 0.0626. The highest BCUT2D eigenvalue weighted by Crippen LogP contribution is 2.32. The fourth-order valence-corrected chi connectivity index (χ4v) is 4.77. The molecule has 11 nitrogen and oxygen atoms in total. The molecule has 1 aliphatic rings. The second kappa shape index (κ2) is 8.83. The summed E-state index contributed by atoms with van der Waals surface area (Å²) >= 11 is 0.997. The van der Waals surface area contributed by atoms with E-state index in [1.807, 2.05) is 0 Å². The first-order chi connectivity index (χ1) is 16.2. The van der Waals surface area contributed by atoms with Crippen molar-refractivity contribution in [1.82, 2.24) is 4.57 Å². The number of hydrogen-bond acceptors (Lipinski definition) is 9. The molecule has 172 valence electrons. The van der Waals surface area contributed by atoms with Crippen molar-refractivity contribution >= 4 is 34.8 Å². The van der Waals surface area contributed by atoms with Gasteiger partial charge in [-0.15, -0.1) is 0 Å². The molecule has 0 saturated carbocycles. The van der Waals surface area contributed by atoms with Crippen LogP contribution in [-0.2, 0) is 9.53 Å². The summed E-state index contributed by atoms with van der Waals surface area (Å²) in [5.74, 6) is -0.731. The molecule has 0 fully saturated rings. The van der Waals surface area contributed by atoms with Gasteiger partial charge in [-0.05, 0) is 24.6 Å². The standard InChI is InChI=1S/C22H16N4O7S/c1-12-18(21(28)33-2)19(14-7-5-8-15(10-14)25(29)30)24-20(27)17(34-22(24)23-12)11-13-6-3-4-9-16(13)26(31)32/h3-11,19H,1-2H3. The van der Waals surface area contributed by atoms with Gasteiger partial charge in [0.05, 0.1) is 44.4 Å². The van der Waals surface area contributed by atoms with Crippen molar-refractivity contribution in [2.45, 2.75) is 13.0 Å². The zero-order valence-electron chi connectivity index (χ0n) is 17.8. The van der Waals surface area contributed by atoms with Crippen LogP contribution in [0.25, 0.3) is 6.08 Å². The molecule has 0 bridgehead atoms. The van der Waals surface area contributed by atoms with Crippen LogP contribution in [0.2, 0.25) is 0 Å². The maximum absolute atomic E-state index is 13.5. The summed E-state index contributed by atoms with van der Waals surface area (Å²) in [5, 5.41) is 22.7. The number of nitro benzene ring substituents is 2. The van der Waals surface area contributed by atoms with Crippen LogP contribution in [0.4, 0.5) is 11.4 Å². The van der Waals surface area contributed by atoms with Crippen LogP contribution < -0.4 is 14.9 Å². The summed E-state index contributed by atoms with van der Waals surface area (Å²) < 4.78 is 6.31. The van der Waals surface area contributed by atoms with E-state index in [4.69, 9.17) is 4.74 Å². The van der Waals surface area contributed by atoms with E-state index in [1.165, 1.54) is 54.2 Å². The summed E-state index contributed by atoms with van der Waals surface area (Å²) in [5.41, 5.74) is -0.0222. The predicted octanol–water partition coefficient (Wildman–Crippen LogP) is 2.22. The van der Waals surface area contributed by atoms with Gasteiger partial charge in [0.25, 0.3) is 16.9 Å². The Morgan fingerprint density at radius 1 is 1.15 bits per heavy atom. The second-order valence-corrected chi connectivity index (χ2v) is 8.25. The highest BCUT2D eigenvalue weighted by Gasteiger charge is 2.33. The third-order valence-electron chi connectivity index (χ3n) is 5.24. The predicted molar refractivity (Wildman–Crippen MR) is 122 cm³/mol. The molecule has 1 aromatic heterocycles. The average Bonchev–Trinajstić information content (AvgIpc) is 3.12. The number of allylic oxidation sites excluding steroid dienone is 1. The van der Waals surface area contributed by atoms with E-state index < -0.39 is 27.4 Å². The van der Waals surface area contributed by atoms with Crippen molar-refractivity contribution in [2.24, 2.45) is 4.99 Å². The molecule has 34 heavy (non-hydrogen) atoms. The number of rotatable bonds is 5. The monoisotopic (exact) mass is 480 g/mol. The second-order valence-electron chi connectivity index (χ2n) is 7.24. The largest absolute Gasteiger partial charge is 0.466 e. The van der Waals surface area contributed by atoms with Crippen LogP contribution in [0, 0.1) is 20.2 Å². The number of ether oxygens (including phenoxy) is 1. The summed E-state index contributed by atoms with van der Waals surface area (Å²) in [7, 11) is 1.19. The molecule has 1 unspecified atom stereocenters. The smallest absolute Gasteiger partial charge is 0.338 e. The number of benzene rings is 2. The lowest BCUT2D eigenvalue weighted by molar-refractivity contribution is -0.385. The number of carbonyl (C=O) groups is 1. The van der Waals surface area contributed by atoms with Crippen LogP contribution in [0.15, 0.2) is 69.6 Å². The lowest BCUT2D eigenvalue weighted by atomic mass is 9.95. The van der Waals surface area contributed by atoms with Crippen molar-refractivity contribution in [3.63, 3.8) is 0 Å². The van der Waals surface area contributed by atoms with Crippen LogP contribution in [0.1, 0.15) is 24.1 Å². The van der Waals surface area contributed by atoms with E-state index >= 15 is 0 Å². The van der Waals surface area contributed by atoms with Crippen molar-refractivity contribution in [3.8, 4) is 0 Å². The maximum atomic E-state index is 13.5. The summed E-state index contributed by atoms with van der Waals surface area (Å²) in [6, 6.07) is 10.6. The molecule has 2 heterocycles. The van der Waals surface area contributed by atoms with Crippen molar-refractivity contribution in [3.05, 3.63) is 111 Å². The molecular formula is C22H16N4O7S. The third-order valence-corrected chi connectivity index (χ3v) is 6.23. The molecule has 1 aliphatic heterocycles. The summed E-state index contributed by atoms with van der Waals surface area (Å²) in [6.07, 6.45) is 1.39. The molecule has 0 saturated heterocycles. The molecule has 0 radical (unpaired) electrons. The Kier molecular flexibility index (Phi) is 5.90. The van der Waals surface area contributed by atoms with Crippen LogP contribution in [0.5, 0.6) is 0 Å². The van der Waals surface area contributed by atoms with Crippen molar-refractivity contribution < 1.29 is 19.4 Å². The van der Waals surface area contributed by atoms with Gasteiger partial charge in [-0.3, -0.25) is 29.6 Å². The van der Waals surface area contributed by atoms with Crippen LogP contribution >= 0.6 is 11.3 Å². The lowest BCUT2D eigenvalue weighted by Gasteiger charge is -2.24. The van der Waals surface area contributed by atoms with Crippen molar-refractivity contribution in [1.29, 1.82) is 0 Å². The minimum Gasteiger partial charge on any atom is -0.466 e. The number of hydrogen-bond donors (Lipinski definition) is 0. The van der Waals surface area contributed by atoms with Crippen LogP contribution in [0.3, 0.4) is 0 Å². The number of nitrogens with zero attached hydrogens (tertiary/aromatic N) is 4. The molecular weight excluding hydrogens is 464 g/mol. The topological polar surface area (TPSA) is 147 Å². The Hall–Kier alpha value is -4.45.